The van der Waals surface area contributed by atoms with Crippen molar-refractivity contribution in [1.82, 2.24) is 0 Å². The van der Waals surface area contributed by atoms with Gasteiger partial charge in [0.15, 0.2) is 0 Å². The third-order valence-electron chi connectivity index (χ3n) is 5.96. The standard InChI is InChI=1S/C28H26O4/c1-17-7-3-11-21(25(17)29)23-13-5-9-19(27(23)31)15-16-20-10-6-14-24(28(20)32)22-12-4-8-18(2)26(22)30/h3-14,29-32H,15-16H2,1-2H3. The van der Waals surface area contributed by atoms with E-state index >= 15 is 0 Å². The van der Waals surface area contributed by atoms with E-state index in [4.69, 9.17) is 0 Å². The number of rotatable bonds is 5. The van der Waals surface area contributed by atoms with E-state index in [0.717, 1.165) is 22.3 Å². The molecule has 4 rings (SSSR count). The number of hydrogen-bond acceptors (Lipinski definition) is 4. The van der Waals surface area contributed by atoms with Gasteiger partial charge in [-0.05, 0) is 48.9 Å². The molecule has 0 fully saturated rings. The molecule has 0 unspecified atom stereocenters. The number of aryl methyl sites for hydroxylation is 4. The molecule has 0 saturated carbocycles. The second-order valence-corrected chi connectivity index (χ2v) is 8.07. The third kappa shape index (κ3) is 3.87. The van der Waals surface area contributed by atoms with Crippen LogP contribution in [-0.4, -0.2) is 20.4 Å². The summed E-state index contributed by atoms with van der Waals surface area (Å²) in [5.74, 6) is 0.562. The lowest BCUT2D eigenvalue weighted by molar-refractivity contribution is 0.459. The Morgan fingerprint density at radius 3 is 1.12 bits per heavy atom. The van der Waals surface area contributed by atoms with Crippen molar-refractivity contribution in [2.24, 2.45) is 0 Å². The topological polar surface area (TPSA) is 80.9 Å². The summed E-state index contributed by atoms with van der Waals surface area (Å²) in [7, 11) is 0. The highest BCUT2D eigenvalue weighted by atomic mass is 16.3. The van der Waals surface area contributed by atoms with Crippen molar-refractivity contribution in [3.8, 4) is 45.3 Å². The van der Waals surface area contributed by atoms with Crippen LogP contribution in [0.2, 0.25) is 0 Å². The first-order chi connectivity index (χ1) is 15.4. The molecule has 162 valence electrons. The fourth-order valence-corrected chi connectivity index (χ4v) is 4.04. The van der Waals surface area contributed by atoms with Gasteiger partial charge in [0.1, 0.15) is 23.0 Å². The minimum atomic E-state index is 0.125. The Balaban J connectivity index is 1.64. The Bertz CT molecular complexity index is 1190. The van der Waals surface area contributed by atoms with E-state index in [0.29, 0.717) is 35.1 Å². The molecule has 0 heterocycles. The van der Waals surface area contributed by atoms with Crippen LogP contribution in [0.3, 0.4) is 0 Å². The first-order valence-electron chi connectivity index (χ1n) is 10.6. The summed E-state index contributed by atoms with van der Waals surface area (Å²) in [5, 5.41) is 42.6. The lowest BCUT2D eigenvalue weighted by atomic mass is 9.94. The highest BCUT2D eigenvalue weighted by Crippen LogP contribution is 2.41. The van der Waals surface area contributed by atoms with Gasteiger partial charge in [0.25, 0.3) is 0 Å². The summed E-state index contributed by atoms with van der Waals surface area (Å²) in [6.07, 6.45) is 1.01. The summed E-state index contributed by atoms with van der Waals surface area (Å²) < 4.78 is 0. The number of phenols is 4. The van der Waals surface area contributed by atoms with Crippen molar-refractivity contribution >= 4 is 0 Å². The molecule has 0 aliphatic heterocycles. The van der Waals surface area contributed by atoms with Crippen molar-refractivity contribution in [3.63, 3.8) is 0 Å². The summed E-state index contributed by atoms with van der Waals surface area (Å²) in [5.41, 5.74) is 5.27. The molecule has 0 radical (unpaired) electrons. The highest BCUT2D eigenvalue weighted by molar-refractivity contribution is 5.78. The highest BCUT2D eigenvalue weighted by Gasteiger charge is 2.16. The molecule has 0 aromatic heterocycles. The number of hydrogen-bond donors (Lipinski definition) is 4. The predicted molar refractivity (Wildman–Crippen MR) is 127 cm³/mol. The van der Waals surface area contributed by atoms with Crippen LogP contribution in [0, 0.1) is 13.8 Å². The molecule has 4 N–H and O–H groups in total. The molecule has 0 aliphatic rings. The van der Waals surface area contributed by atoms with Gasteiger partial charge in [-0.15, -0.1) is 0 Å². The van der Waals surface area contributed by atoms with Gasteiger partial charge >= 0.3 is 0 Å². The summed E-state index contributed by atoms with van der Waals surface area (Å²) in [6, 6.07) is 21.9. The number of phenolic OH excluding ortho intramolecular Hbond substituents is 4. The van der Waals surface area contributed by atoms with Crippen molar-refractivity contribution in [1.29, 1.82) is 0 Å². The van der Waals surface area contributed by atoms with E-state index in [1.54, 1.807) is 24.3 Å². The molecule has 4 nitrogen and oxygen atoms in total. The number of benzene rings is 4. The third-order valence-corrected chi connectivity index (χ3v) is 5.96. The predicted octanol–water partition coefficient (Wildman–Crippen LogP) is 6.25. The molecule has 0 atom stereocenters. The van der Waals surface area contributed by atoms with Gasteiger partial charge in [0, 0.05) is 22.3 Å². The van der Waals surface area contributed by atoms with E-state index in [2.05, 4.69) is 0 Å². The minimum Gasteiger partial charge on any atom is -0.507 e. The molecular weight excluding hydrogens is 400 g/mol. The molecule has 0 amide bonds. The zero-order valence-electron chi connectivity index (χ0n) is 18.1. The van der Waals surface area contributed by atoms with Gasteiger partial charge in [-0.3, -0.25) is 0 Å². The Morgan fingerprint density at radius 1 is 0.438 bits per heavy atom. The Morgan fingerprint density at radius 2 is 0.750 bits per heavy atom. The molecule has 4 heteroatoms. The van der Waals surface area contributed by atoms with Crippen LogP contribution in [-0.2, 0) is 12.8 Å². The van der Waals surface area contributed by atoms with Crippen molar-refractivity contribution in [2.75, 3.05) is 0 Å². The quantitative estimate of drug-likeness (QED) is 0.304. The first kappa shape index (κ1) is 21.3. The van der Waals surface area contributed by atoms with Gasteiger partial charge in [0.05, 0.1) is 0 Å². The van der Waals surface area contributed by atoms with Gasteiger partial charge in [-0.2, -0.15) is 0 Å². The van der Waals surface area contributed by atoms with Crippen LogP contribution in [0.25, 0.3) is 22.3 Å². The molecule has 4 aromatic rings. The minimum absolute atomic E-state index is 0.125. The van der Waals surface area contributed by atoms with Gasteiger partial charge < -0.3 is 20.4 Å². The maximum Gasteiger partial charge on any atom is 0.126 e. The van der Waals surface area contributed by atoms with E-state index < -0.39 is 0 Å². The van der Waals surface area contributed by atoms with E-state index in [1.165, 1.54) is 0 Å². The van der Waals surface area contributed by atoms with Crippen LogP contribution in [0.1, 0.15) is 22.3 Å². The van der Waals surface area contributed by atoms with Crippen LogP contribution < -0.4 is 0 Å². The molecule has 4 aromatic carbocycles. The van der Waals surface area contributed by atoms with Gasteiger partial charge in [-0.1, -0.05) is 72.8 Å². The molecule has 0 spiro atoms. The number of aromatic hydroxyl groups is 4. The molecular formula is C28H26O4. The van der Waals surface area contributed by atoms with Crippen molar-refractivity contribution in [2.45, 2.75) is 26.7 Å². The number of para-hydroxylation sites is 4. The van der Waals surface area contributed by atoms with E-state index in [9.17, 15) is 20.4 Å². The van der Waals surface area contributed by atoms with Gasteiger partial charge in [-0.25, -0.2) is 0 Å². The van der Waals surface area contributed by atoms with E-state index in [1.807, 2.05) is 62.4 Å². The normalized spacial score (nSPS) is 10.9. The summed E-state index contributed by atoms with van der Waals surface area (Å²) >= 11 is 0. The average molecular weight is 427 g/mol. The Hall–Kier alpha value is -3.92. The fourth-order valence-electron chi connectivity index (χ4n) is 4.04. The van der Waals surface area contributed by atoms with Crippen LogP contribution in [0.5, 0.6) is 23.0 Å². The lowest BCUT2D eigenvalue weighted by Gasteiger charge is -2.14. The smallest absolute Gasteiger partial charge is 0.126 e. The lowest BCUT2D eigenvalue weighted by Crippen LogP contribution is -1.95. The molecule has 0 aliphatic carbocycles. The van der Waals surface area contributed by atoms with Crippen molar-refractivity contribution in [3.05, 3.63) is 95.1 Å². The van der Waals surface area contributed by atoms with Crippen molar-refractivity contribution < 1.29 is 20.4 Å². The summed E-state index contributed by atoms with van der Waals surface area (Å²) in [6.45, 7) is 3.64. The second-order valence-electron chi connectivity index (χ2n) is 8.07. The zero-order valence-corrected chi connectivity index (χ0v) is 18.1. The average Bonchev–Trinajstić information content (AvgIpc) is 2.78. The molecule has 32 heavy (non-hydrogen) atoms. The monoisotopic (exact) mass is 426 g/mol. The first-order valence-corrected chi connectivity index (χ1v) is 10.6. The van der Waals surface area contributed by atoms with Crippen LogP contribution in [0.15, 0.2) is 72.8 Å². The molecule has 0 saturated heterocycles. The second kappa shape index (κ2) is 8.67. The van der Waals surface area contributed by atoms with E-state index in [-0.39, 0.29) is 23.0 Å². The largest absolute Gasteiger partial charge is 0.507 e. The maximum absolute atomic E-state index is 10.9. The maximum atomic E-state index is 10.9. The molecule has 0 bridgehead atoms. The Kier molecular flexibility index (Phi) is 5.78. The van der Waals surface area contributed by atoms with Crippen LogP contribution in [0.4, 0.5) is 0 Å². The summed E-state index contributed by atoms with van der Waals surface area (Å²) in [4.78, 5) is 0. The Labute approximate surface area is 187 Å². The van der Waals surface area contributed by atoms with Gasteiger partial charge in [0.2, 0.25) is 0 Å². The SMILES string of the molecule is Cc1cccc(-c2cccc(CCc3cccc(-c4cccc(C)c4O)c3O)c2O)c1O. The van der Waals surface area contributed by atoms with Crippen LogP contribution >= 0.6 is 0 Å². The zero-order chi connectivity index (χ0) is 22.8. The fraction of sp³-hybridized carbons (Fsp3) is 0.143.